The molecule has 0 spiro atoms. The van der Waals surface area contributed by atoms with Gasteiger partial charge in [0.2, 0.25) is 0 Å². The highest BCUT2D eigenvalue weighted by molar-refractivity contribution is 6.31. The summed E-state index contributed by atoms with van der Waals surface area (Å²) in [4.78, 5) is 15.0. The standard InChI is InChI=1S/C16H11ClFN3O/c17-12-3-6-14-11(7-12)8-15(20-14)16(22)21-19-9-10-1-4-13(18)5-2-10/h1-9,20H,(H,21,22). The SMILES string of the molecule is O=C(NN=Cc1ccc(F)cc1)c1cc2cc(Cl)ccc2[nH]1. The normalized spacial score (nSPS) is 11.2. The second-order valence-corrected chi connectivity index (χ2v) is 5.10. The monoisotopic (exact) mass is 315 g/mol. The minimum Gasteiger partial charge on any atom is -0.350 e. The van der Waals surface area contributed by atoms with Gasteiger partial charge < -0.3 is 4.98 Å². The molecule has 1 heterocycles. The van der Waals surface area contributed by atoms with Gasteiger partial charge in [-0.3, -0.25) is 4.79 Å². The fourth-order valence-electron chi connectivity index (χ4n) is 2.00. The van der Waals surface area contributed by atoms with Gasteiger partial charge >= 0.3 is 0 Å². The van der Waals surface area contributed by atoms with Crippen LogP contribution in [0, 0.1) is 5.82 Å². The molecular formula is C16H11ClFN3O. The highest BCUT2D eigenvalue weighted by Crippen LogP contribution is 2.19. The Bertz CT molecular complexity index is 855. The van der Waals surface area contributed by atoms with Crippen molar-refractivity contribution in [1.29, 1.82) is 0 Å². The third-order valence-corrected chi connectivity index (χ3v) is 3.31. The summed E-state index contributed by atoms with van der Waals surface area (Å²) < 4.78 is 12.8. The molecule has 1 amide bonds. The summed E-state index contributed by atoms with van der Waals surface area (Å²) in [7, 11) is 0. The van der Waals surface area contributed by atoms with Gasteiger partial charge in [-0.1, -0.05) is 23.7 Å². The Morgan fingerprint density at radius 3 is 2.73 bits per heavy atom. The molecule has 3 rings (SSSR count). The topological polar surface area (TPSA) is 57.2 Å². The lowest BCUT2D eigenvalue weighted by molar-refractivity contribution is 0.0951. The number of nitrogens with one attached hydrogen (secondary N) is 2. The average Bonchev–Trinajstić information content (AvgIpc) is 2.92. The van der Waals surface area contributed by atoms with Gasteiger partial charge in [0.15, 0.2) is 0 Å². The first-order chi connectivity index (χ1) is 10.6. The molecule has 1 aromatic heterocycles. The lowest BCUT2D eigenvalue weighted by Crippen LogP contribution is -2.17. The molecule has 2 aromatic carbocycles. The number of halogens is 2. The molecule has 0 atom stereocenters. The minimum atomic E-state index is -0.370. The number of aromatic amines is 1. The first-order valence-corrected chi connectivity index (χ1v) is 6.87. The summed E-state index contributed by atoms with van der Waals surface area (Å²) in [5.74, 6) is -0.691. The number of nitrogens with zero attached hydrogens (tertiary/aromatic N) is 1. The van der Waals surface area contributed by atoms with E-state index >= 15 is 0 Å². The molecule has 3 aromatic rings. The smallest absolute Gasteiger partial charge is 0.287 e. The second kappa shape index (κ2) is 5.99. The van der Waals surface area contributed by atoms with E-state index in [1.807, 2.05) is 0 Å². The number of hydrogen-bond acceptors (Lipinski definition) is 2. The molecule has 0 fully saturated rings. The molecule has 0 saturated heterocycles. The van der Waals surface area contributed by atoms with Crippen LogP contribution in [0.15, 0.2) is 53.6 Å². The first-order valence-electron chi connectivity index (χ1n) is 6.49. The van der Waals surface area contributed by atoms with Gasteiger partial charge in [0, 0.05) is 15.9 Å². The van der Waals surface area contributed by atoms with Crippen molar-refractivity contribution in [2.45, 2.75) is 0 Å². The third-order valence-electron chi connectivity index (χ3n) is 3.08. The largest absolute Gasteiger partial charge is 0.350 e. The van der Waals surface area contributed by atoms with Gasteiger partial charge in [0.25, 0.3) is 5.91 Å². The van der Waals surface area contributed by atoms with Crippen molar-refractivity contribution in [3.05, 3.63) is 70.6 Å². The molecule has 0 bridgehead atoms. The number of amides is 1. The van der Waals surface area contributed by atoms with Crippen molar-refractivity contribution in [3.63, 3.8) is 0 Å². The number of carbonyl (C=O) groups excluding carboxylic acids is 1. The van der Waals surface area contributed by atoms with Gasteiger partial charge in [0.1, 0.15) is 11.5 Å². The molecule has 4 nitrogen and oxygen atoms in total. The lowest BCUT2D eigenvalue weighted by atomic mass is 10.2. The highest BCUT2D eigenvalue weighted by atomic mass is 35.5. The maximum absolute atomic E-state index is 12.8. The van der Waals surface area contributed by atoms with Crippen molar-refractivity contribution in [2.24, 2.45) is 5.10 Å². The molecule has 2 N–H and O–H groups in total. The molecule has 0 saturated carbocycles. The molecule has 0 unspecified atom stereocenters. The lowest BCUT2D eigenvalue weighted by Gasteiger charge is -1.96. The molecule has 6 heteroatoms. The number of rotatable bonds is 3. The number of hydrazone groups is 1. The van der Waals surface area contributed by atoms with E-state index in [-0.39, 0.29) is 11.7 Å². The molecular weight excluding hydrogens is 305 g/mol. The Hall–Kier alpha value is -2.66. The summed E-state index contributed by atoms with van der Waals surface area (Å²) in [6.45, 7) is 0. The van der Waals surface area contributed by atoms with Gasteiger partial charge in [0.05, 0.1) is 6.21 Å². The Morgan fingerprint density at radius 2 is 1.95 bits per heavy atom. The van der Waals surface area contributed by atoms with Crippen molar-refractivity contribution in [2.75, 3.05) is 0 Å². The van der Waals surface area contributed by atoms with E-state index in [0.29, 0.717) is 16.3 Å². The van der Waals surface area contributed by atoms with E-state index < -0.39 is 0 Å². The van der Waals surface area contributed by atoms with Crippen molar-refractivity contribution >= 4 is 34.6 Å². The van der Waals surface area contributed by atoms with Crippen LogP contribution in [0.3, 0.4) is 0 Å². The predicted molar refractivity (Wildman–Crippen MR) is 84.8 cm³/mol. The maximum atomic E-state index is 12.8. The summed E-state index contributed by atoms with van der Waals surface area (Å²) in [6, 6.07) is 12.8. The Labute approximate surface area is 130 Å². The van der Waals surface area contributed by atoms with Crippen molar-refractivity contribution in [1.82, 2.24) is 10.4 Å². The van der Waals surface area contributed by atoms with E-state index in [1.165, 1.54) is 18.3 Å². The zero-order chi connectivity index (χ0) is 15.5. The van der Waals surface area contributed by atoms with Crippen LogP contribution in [0.5, 0.6) is 0 Å². The van der Waals surface area contributed by atoms with Crippen LogP contribution < -0.4 is 5.43 Å². The number of fused-ring (bicyclic) bond motifs is 1. The summed E-state index contributed by atoms with van der Waals surface area (Å²) >= 11 is 5.91. The van der Waals surface area contributed by atoms with Crippen LogP contribution in [0.4, 0.5) is 4.39 Å². The average molecular weight is 316 g/mol. The third kappa shape index (κ3) is 3.15. The summed E-state index contributed by atoms with van der Waals surface area (Å²) in [6.07, 6.45) is 1.44. The Kier molecular flexibility index (Phi) is 3.89. The van der Waals surface area contributed by atoms with Crippen molar-refractivity contribution in [3.8, 4) is 0 Å². The first kappa shape index (κ1) is 14.3. The molecule has 22 heavy (non-hydrogen) atoms. The van der Waals surface area contributed by atoms with Crippen LogP contribution in [-0.2, 0) is 0 Å². The Balaban J connectivity index is 1.71. The molecule has 0 aliphatic carbocycles. The minimum absolute atomic E-state index is 0.321. The van der Waals surface area contributed by atoms with Crippen LogP contribution in [0.25, 0.3) is 10.9 Å². The quantitative estimate of drug-likeness (QED) is 0.561. The van der Waals surface area contributed by atoms with E-state index in [0.717, 1.165) is 10.9 Å². The fourth-order valence-corrected chi connectivity index (χ4v) is 2.18. The summed E-state index contributed by atoms with van der Waals surface area (Å²) in [5.41, 5.74) is 4.30. The van der Waals surface area contributed by atoms with E-state index in [1.54, 1.807) is 36.4 Å². The Morgan fingerprint density at radius 1 is 1.18 bits per heavy atom. The predicted octanol–water partition coefficient (Wildman–Crippen LogP) is 3.72. The zero-order valence-corrected chi connectivity index (χ0v) is 12.1. The van der Waals surface area contributed by atoms with Crippen LogP contribution in [-0.4, -0.2) is 17.1 Å². The summed E-state index contributed by atoms with van der Waals surface area (Å²) in [5, 5.41) is 5.29. The molecule has 0 aliphatic rings. The molecule has 110 valence electrons. The van der Waals surface area contributed by atoms with Gasteiger partial charge in [-0.15, -0.1) is 0 Å². The number of benzene rings is 2. The molecule has 0 radical (unpaired) electrons. The van der Waals surface area contributed by atoms with Gasteiger partial charge in [-0.25, -0.2) is 9.82 Å². The van der Waals surface area contributed by atoms with Crippen LogP contribution in [0.2, 0.25) is 5.02 Å². The number of H-pyrrole nitrogens is 1. The highest BCUT2D eigenvalue weighted by Gasteiger charge is 2.08. The van der Waals surface area contributed by atoms with Crippen molar-refractivity contribution < 1.29 is 9.18 Å². The van der Waals surface area contributed by atoms with Crippen LogP contribution >= 0.6 is 11.6 Å². The number of aromatic nitrogens is 1. The van der Waals surface area contributed by atoms with Crippen LogP contribution in [0.1, 0.15) is 16.1 Å². The zero-order valence-electron chi connectivity index (χ0n) is 11.3. The molecule has 0 aliphatic heterocycles. The number of carbonyl (C=O) groups is 1. The van der Waals surface area contributed by atoms with E-state index in [4.69, 9.17) is 11.6 Å². The van der Waals surface area contributed by atoms with E-state index in [9.17, 15) is 9.18 Å². The van der Waals surface area contributed by atoms with Gasteiger partial charge in [-0.2, -0.15) is 5.10 Å². The second-order valence-electron chi connectivity index (χ2n) is 4.67. The van der Waals surface area contributed by atoms with E-state index in [2.05, 4.69) is 15.5 Å². The van der Waals surface area contributed by atoms with Gasteiger partial charge in [-0.05, 0) is 42.0 Å². The fraction of sp³-hybridized carbons (Fsp3) is 0. The maximum Gasteiger partial charge on any atom is 0.287 e. The number of hydrogen-bond donors (Lipinski definition) is 2.